The number of carbonyl (C=O) groups excluding carboxylic acids is 3. The number of halogens is 3. The number of likely N-dealkylation sites (N-methyl/N-ethyl adjacent to an activating group) is 1. The second-order valence-corrected chi connectivity index (χ2v) is 9.53. The molecule has 1 aliphatic heterocycles. The molecule has 0 spiro atoms. The number of ether oxygens (including phenoxy) is 3. The number of tetrazole rings is 1. The number of nitrogens with zero attached hydrogens (tertiary/aromatic N) is 7. The topological polar surface area (TPSA) is 191 Å². The molecule has 2 amide bonds. The summed E-state index contributed by atoms with van der Waals surface area (Å²) in [4.78, 5) is 44.9. The molecule has 0 aliphatic carbocycles. The smallest absolute Gasteiger partial charge is 0.378 e. The van der Waals surface area contributed by atoms with Gasteiger partial charge in [-0.1, -0.05) is 11.6 Å². The maximum absolute atomic E-state index is 15.7. The molecule has 3 aromatic heterocycles. The molecule has 1 fully saturated rings. The quantitative estimate of drug-likeness (QED) is 0.267. The number of hydrogen-bond donors (Lipinski definition) is 1. The molecule has 224 valence electrons. The SMILES string of the molecule is CCN(C(=O)C1(OC(=O)c2cc(OC)no2)COC1C(N)=O)c1ncc(-c2cc(Cl)cc(F)c2-c2nnn(C)n2)cc1F. The Morgan fingerprint density at radius 2 is 2.00 bits per heavy atom. The molecule has 43 heavy (non-hydrogen) atoms. The van der Waals surface area contributed by atoms with Gasteiger partial charge in [-0.25, -0.2) is 18.6 Å². The van der Waals surface area contributed by atoms with Gasteiger partial charge in [0.25, 0.3) is 17.7 Å². The second-order valence-electron chi connectivity index (χ2n) is 9.10. The minimum absolute atomic E-state index is 0.00518. The maximum Gasteiger partial charge on any atom is 0.378 e. The first kappa shape index (κ1) is 29.5. The normalized spacial score (nSPS) is 17.7. The summed E-state index contributed by atoms with van der Waals surface area (Å²) in [6, 6.07) is 4.50. The molecule has 1 aliphatic rings. The van der Waals surface area contributed by atoms with Crippen molar-refractivity contribution >= 4 is 35.2 Å². The number of nitrogens with two attached hydrogens (primary N) is 1. The zero-order valence-electron chi connectivity index (χ0n) is 22.6. The molecule has 2 N–H and O–H groups in total. The van der Waals surface area contributed by atoms with Crippen LogP contribution >= 0.6 is 11.6 Å². The highest BCUT2D eigenvalue weighted by Gasteiger charge is 2.63. The van der Waals surface area contributed by atoms with Crippen LogP contribution in [0.1, 0.15) is 17.5 Å². The van der Waals surface area contributed by atoms with Crippen molar-refractivity contribution < 1.29 is 41.9 Å². The molecule has 0 saturated carbocycles. The first-order valence-corrected chi connectivity index (χ1v) is 12.7. The van der Waals surface area contributed by atoms with Crippen LogP contribution in [0.15, 0.2) is 35.0 Å². The Hall–Kier alpha value is -5.03. The van der Waals surface area contributed by atoms with Crippen molar-refractivity contribution in [2.24, 2.45) is 12.8 Å². The molecule has 4 aromatic rings. The summed E-state index contributed by atoms with van der Waals surface area (Å²) in [5.74, 6) is -6.25. The van der Waals surface area contributed by atoms with Crippen molar-refractivity contribution in [3.8, 4) is 28.4 Å². The van der Waals surface area contributed by atoms with Gasteiger partial charge in [0.05, 0.1) is 25.8 Å². The van der Waals surface area contributed by atoms with Gasteiger partial charge < -0.3 is 24.5 Å². The Morgan fingerprint density at radius 1 is 1.23 bits per heavy atom. The van der Waals surface area contributed by atoms with E-state index in [-0.39, 0.29) is 40.0 Å². The van der Waals surface area contributed by atoms with Crippen molar-refractivity contribution in [1.82, 2.24) is 30.3 Å². The maximum atomic E-state index is 15.7. The zero-order valence-corrected chi connectivity index (χ0v) is 23.3. The van der Waals surface area contributed by atoms with E-state index in [2.05, 4.69) is 25.6 Å². The van der Waals surface area contributed by atoms with Crippen LogP contribution in [-0.4, -0.2) is 80.1 Å². The molecule has 15 nitrogen and oxygen atoms in total. The van der Waals surface area contributed by atoms with Gasteiger partial charge in [-0.15, -0.1) is 10.2 Å². The standard InChI is InChI=1S/C25H21ClF2N8O7/c1-4-36(24(39)25(10-41-19(25)20(29)37)42-23(38)16-8-17(40-3)33-43-16)22-15(28)5-11(9-30-22)13-6-12(26)7-14(27)18(13)21-31-34-35(2)32-21/h5-9,19H,4,10H2,1-3H3,(H2,29,37). The Labute approximate surface area is 245 Å². The Balaban J connectivity index is 1.51. The molecule has 0 radical (unpaired) electrons. The van der Waals surface area contributed by atoms with E-state index in [1.165, 1.54) is 33.3 Å². The lowest BCUT2D eigenvalue weighted by Crippen LogP contribution is -2.72. The van der Waals surface area contributed by atoms with Gasteiger partial charge >= 0.3 is 5.97 Å². The molecular formula is C25H21ClF2N8O7. The van der Waals surface area contributed by atoms with Gasteiger partial charge in [-0.05, 0) is 41.1 Å². The number of pyridine rings is 1. The van der Waals surface area contributed by atoms with Gasteiger partial charge in [-0.2, -0.15) is 4.80 Å². The molecule has 2 atom stereocenters. The van der Waals surface area contributed by atoms with Gasteiger partial charge in [0, 0.05) is 23.3 Å². The first-order chi connectivity index (χ1) is 20.5. The van der Waals surface area contributed by atoms with E-state index in [9.17, 15) is 14.4 Å². The number of rotatable bonds is 9. The average molecular weight is 619 g/mol. The third kappa shape index (κ3) is 5.23. The highest BCUT2D eigenvalue weighted by Crippen LogP contribution is 2.38. The minimum atomic E-state index is -2.29. The monoisotopic (exact) mass is 618 g/mol. The van der Waals surface area contributed by atoms with Crippen LogP contribution in [0, 0.1) is 11.6 Å². The number of methoxy groups -OCH3 is 1. The van der Waals surface area contributed by atoms with Crippen molar-refractivity contribution in [3.63, 3.8) is 0 Å². The van der Waals surface area contributed by atoms with E-state index in [1.807, 2.05) is 0 Å². The summed E-state index contributed by atoms with van der Waals surface area (Å²) in [6.45, 7) is 0.721. The van der Waals surface area contributed by atoms with Crippen molar-refractivity contribution in [2.75, 3.05) is 25.2 Å². The van der Waals surface area contributed by atoms with Crippen LogP contribution in [0.3, 0.4) is 0 Å². The van der Waals surface area contributed by atoms with E-state index in [0.717, 1.165) is 27.9 Å². The molecule has 0 bridgehead atoms. The lowest BCUT2D eigenvalue weighted by atomic mass is 9.89. The highest BCUT2D eigenvalue weighted by molar-refractivity contribution is 6.31. The number of aryl methyl sites for hydroxylation is 1. The second kappa shape index (κ2) is 11.3. The molecule has 1 aromatic carbocycles. The van der Waals surface area contributed by atoms with Crippen molar-refractivity contribution in [3.05, 3.63) is 52.9 Å². The van der Waals surface area contributed by atoms with Gasteiger partial charge in [-0.3, -0.25) is 14.5 Å². The lowest BCUT2D eigenvalue weighted by Gasteiger charge is -2.46. The Morgan fingerprint density at radius 3 is 2.56 bits per heavy atom. The van der Waals surface area contributed by atoms with E-state index in [4.69, 9.17) is 36.1 Å². The largest absolute Gasteiger partial charge is 0.479 e. The number of amides is 2. The summed E-state index contributed by atoms with van der Waals surface area (Å²) in [6.07, 6.45) is -0.539. The summed E-state index contributed by atoms with van der Waals surface area (Å²) in [5.41, 5.74) is 3.17. The first-order valence-electron chi connectivity index (χ1n) is 12.3. The van der Waals surface area contributed by atoms with E-state index < -0.39 is 59.3 Å². The predicted molar refractivity (Wildman–Crippen MR) is 141 cm³/mol. The summed E-state index contributed by atoms with van der Waals surface area (Å²) < 4.78 is 51.0. The van der Waals surface area contributed by atoms with Gasteiger partial charge in [0.2, 0.25) is 17.2 Å². The number of carbonyl (C=O) groups is 3. The highest BCUT2D eigenvalue weighted by atomic mass is 35.5. The predicted octanol–water partition coefficient (Wildman–Crippen LogP) is 1.70. The van der Waals surface area contributed by atoms with Gasteiger partial charge in [0.15, 0.2) is 17.7 Å². The Kier molecular flexibility index (Phi) is 7.76. The summed E-state index contributed by atoms with van der Waals surface area (Å²) in [7, 11) is 2.77. The summed E-state index contributed by atoms with van der Waals surface area (Å²) in [5, 5.41) is 15.0. The molecular weight excluding hydrogens is 598 g/mol. The fourth-order valence-electron chi connectivity index (χ4n) is 4.40. The number of esters is 1. The fourth-order valence-corrected chi connectivity index (χ4v) is 4.61. The van der Waals surface area contributed by atoms with Crippen LogP contribution in [0.25, 0.3) is 22.5 Å². The molecule has 2 unspecified atom stereocenters. The van der Waals surface area contributed by atoms with Crippen LogP contribution in [0.4, 0.5) is 14.6 Å². The number of aromatic nitrogens is 6. The zero-order chi connectivity index (χ0) is 31.1. The molecule has 4 heterocycles. The van der Waals surface area contributed by atoms with Crippen LogP contribution < -0.4 is 15.4 Å². The summed E-state index contributed by atoms with van der Waals surface area (Å²) >= 11 is 6.08. The van der Waals surface area contributed by atoms with E-state index in [1.54, 1.807) is 0 Å². The average Bonchev–Trinajstić information content (AvgIpc) is 3.60. The van der Waals surface area contributed by atoms with Crippen LogP contribution in [-0.2, 0) is 26.1 Å². The van der Waals surface area contributed by atoms with Gasteiger partial charge in [0.1, 0.15) is 12.4 Å². The van der Waals surface area contributed by atoms with E-state index >= 15 is 8.78 Å². The molecule has 5 rings (SSSR count). The Bertz CT molecular complexity index is 1750. The fraction of sp³-hybridized carbons (Fsp3) is 0.280. The molecule has 18 heteroatoms. The number of hydrogen-bond acceptors (Lipinski definition) is 12. The third-order valence-electron chi connectivity index (χ3n) is 6.42. The molecule has 1 saturated heterocycles. The van der Waals surface area contributed by atoms with Crippen molar-refractivity contribution in [2.45, 2.75) is 18.6 Å². The third-order valence-corrected chi connectivity index (χ3v) is 6.64. The number of primary amides is 1. The number of benzene rings is 1. The van der Waals surface area contributed by atoms with Crippen LogP contribution in [0.2, 0.25) is 5.02 Å². The van der Waals surface area contributed by atoms with Crippen LogP contribution in [0.5, 0.6) is 5.88 Å². The number of anilines is 1. The minimum Gasteiger partial charge on any atom is -0.479 e. The lowest BCUT2D eigenvalue weighted by molar-refractivity contribution is -0.225. The van der Waals surface area contributed by atoms with Crippen molar-refractivity contribution in [1.29, 1.82) is 0 Å². The van der Waals surface area contributed by atoms with E-state index in [0.29, 0.717) is 0 Å².